The topological polar surface area (TPSA) is 63.3 Å². The highest BCUT2D eigenvalue weighted by Crippen LogP contribution is 2.20. The van der Waals surface area contributed by atoms with Gasteiger partial charge in [0.2, 0.25) is 0 Å². The van der Waals surface area contributed by atoms with E-state index in [0.29, 0.717) is 17.0 Å². The number of aryl methyl sites for hydroxylation is 1. The van der Waals surface area contributed by atoms with Crippen LogP contribution in [0.25, 0.3) is 11.1 Å². The second-order valence-corrected chi connectivity index (χ2v) is 4.38. The Balaban J connectivity index is 2.17. The van der Waals surface area contributed by atoms with Crippen LogP contribution in [-0.4, -0.2) is 16.1 Å². The molecule has 0 aliphatic rings. The van der Waals surface area contributed by atoms with E-state index in [0.717, 1.165) is 19.3 Å². The van der Waals surface area contributed by atoms with Crippen LogP contribution in [0.4, 0.5) is 0 Å². The molecule has 0 spiro atoms. The van der Waals surface area contributed by atoms with E-state index in [9.17, 15) is 4.79 Å². The summed E-state index contributed by atoms with van der Waals surface area (Å²) in [6.07, 6.45) is 5.36. The fraction of sp³-hybridized carbons (Fsp3) is 0.429. The standard InChI is InChI=1S/C14H17NO3/c1-2-3-4-5-9-12-15-13-10(14(16)17)7-6-8-11(13)18-12/h6-8H,2-5,9H2,1H3,(H,16,17). The molecule has 2 aromatic rings. The minimum absolute atomic E-state index is 0.205. The van der Waals surface area contributed by atoms with Crippen molar-refractivity contribution in [3.05, 3.63) is 29.7 Å². The molecule has 1 aromatic carbocycles. The summed E-state index contributed by atoms with van der Waals surface area (Å²) in [5.41, 5.74) is 1.21. The Kier molecular flexibility index (Phi) is 3.97. The molecule has 4 heteroatoms. The van der Waals surface area contributed by atoms with Crippen LogP contribution >= 0.6 is 0 Å². The number of aromatic carboxylic acids is 1. The van der Waals surface area contributed by atoms with Crippen molar-refractivity contribution < 1.29 is 14.3 Å². The highest BCUT2D eigenvalue weighted by molar-refractivity contribution is 6.00. The van der Waals surface area contributed by atoms with E-state index in [2.05, 4.69) is 11.9 Å². The zero-order valence-electron chi connectivity index (χ0n) is 10.5. The van der Waals surface area contributed by atoms with Gasteiger partial charge in [-0.15, -0.1) is 0 Å². The molecular weight excluding hydrogens is 230 g/mol. The van der Waals surface area contributed by atoms with Gasteiger partial charge in [-0.3, -0.25) is 0 Å². The first kappa shape index (κ1) is 12.6. The fourth-order valence-corrected chi connectivity index (χ4v) is 1.98. The lowest BCUT2D eigenvalue weighted by Crippen LogP contribution is -1.96. The van der Waals surface area contributed by atoms with Crippen LogP contribution in [0.15, 0.2) is 22.6 Å². The van der Waals surface area contributed by atoms with Crippen LogP contribution in [0.1, 0.15) is 48.9 Å². The largest absolute Gasteiger partial charge is 0.478 e. The molecule has 18 heavy (non-hydrogen) atoms. The monoisotopic (exact) mass is 247 g/mol. The molecule has 0 amide bonds. The summed E-state index contributed by atoms with van der Waals surface area (Å²) in [7, 11) is 0. The molecule has 1 heterocycles. The normalized spacial score (nSPS) is 10.9. The van der Waals surface area contributed by atoms with E-state index in [1.807, 2.05) is 0 Å². The van der Waals surface area contributed by atoms with Crippen LogP contribution in [0.2, 0.25) is 0 Å². The van der Waals surface area contributed by atoms with Crippen molar-refractivity contribution >= 4 is 17.1 Å². The van der Waals surface area contributed by atoms with Gasteiger partial charge in [0, 0.05) is 6.42 Å². The molecule has 2 rings (SSSR count). The Morgan fingerprint density at radius 1 is 1.33 bits per heavy atom. The van der Waals surface area contributed by atoms with Crippen LogP contribution < -0.4 is 0 Å². The first-order valence-corrected chi connectivity index (χ1v) is 6.34. The molecular formula is C14H17NO3. The average molecular weight is 247 g/mol. The number of aromatic nitrogens is 1. The van der Waals surface area contributed by atoms with Gasteiger partial charge in [-0.25, -0.2) is 9.78 Å². The number of oxazole rings is 1. The summed E-state index contributed by atoms with van der Waals surface area (Å²) in [5, 5.41) is 9.06. The Bertz CT molecular complexity index is 545. The highest BCUT2D eigenvalue weighted by Gasteiger charge is 2.13. The van der Waals surface area contributed by atoms with Gasteiger partial charge in [-0.1, -0.05) is 32.3 Å². The Morgan fingerprint density at radius 2 is 2.17 bits per heavy atom. The lowest BCUT2D eigenvalue weighted by Gasteiger charge is -1.94. The van der Waals surface area contributed by atoms with Crippen molar-refractivity contribution in [2.24, 2.45) is 0 Å². The first-order valence-electron chi connectivity index (χ1n) is 6.34. The van der Waals surface area contributed by atoms with Gasteiger partial charge in [0.1, 0.15) is 5.52 Å². The minimum atomic E-state index is -0.966. The maximum Gasteiger partial charge on any atom is 0.338 e. The number of hydrogen-bond donors (Lipinski definition) is 1. The molecule has 0 radical (unpaired) electrons. The van der Waals surface area contributed by atoms with E-state index < -0.39 is 5.97 Å². The van der Waals surface area contributed by atoms with Crippen LogP contribution in [0.3, 0.4) is 0 Å². The summed E-state index contributed by atoms with van der Waals surface area (Å²) in [5.74, 6) is -0.332. The fourth-order valence-electron chi connectivity index (χ4n) is 1.98. The summed E-state index contributed by atoms with van der Waals surface area (Å²) in [6, 6.07) is 4.98. The lowest BCUT2D eigenvalue weighted by atomic mass is 10.1. The number of para-hydroxylation sites is 1. The van der Waals surface area contributed by atoms with E-state index in [1.54, 1.807) is 18.2 Å². The summed E-state index contributed by atoms with van der Waals surface area (Å²) in [4.78, 5) is 15.3. The number of carbonyl (C=O) groups is 1. The van der Waals surface area contributed by atoms with Crippen molar-refractivity contribution in [2.45, 2.75) is 39.0 Å². The number of carboxylic acids is 1. The van der Waals surface area contributed by atoms with Gasteiger partial charge >= 0.3 is 5.97 Å². The number of unbranched alkanes of at least 4 members (excludes halogenated alkanes) is 3. The van der Waals surface area contributed by atoms with Crippen molar-refractivity contribution in [3.8, 4) is 0 Å². The lowest BCUT2D eigenvalue weighted by molar-refractivity contribution is 0.0699. The predicted octanol–water partition coefficient (Wildman–Crippen LogP) is 3.65. The average Bonchev–Trinajstić information content (AvgIpc) is 2.76. The molecule has 96 valence electrons. The molecule has 1 N–H and O–H groups in total. The first-order chi connectivity index (χ1) is 8.72. The highest BCUT2D eigenvalue weighted by atomic mass is 16.4. The zero-order chi connectivity index (χ0) is 13.0. The van der Waals surface area contributed by atoms with Gasteiger partial charge in [0.15, 0.2) is 11.5 Å². The van der Waals surface area contributed by atoms with Crippen LogP contribution in [0.5, 0.6) is 0 Å². The van der Waals surface area contributed by atoms with Gasteiger partial charge in [-0.2, -0.15) is 0 Å². The van der Waals surface area contributed by atoms with E-state index in [1.165, 1.54) is 12.8 Å². The predicted molar refractivity (Wildman–Crippen MR) is 68.8 cm³/mol. The second kappa shape index (κ2) is 5.67. The minimum Gasteiger partial charge on any atom is -0.478 e. The zero-order valence-corrected chi connectivity index (χ0v) is 10.5. The Hall–Kier alpha value is -1.84. The third-order valence-corrected chi connectivity index (χ3v) is 2.94. The number of carboxylic acid groups (broad SMARTS) is 1. The molecule has 0 unspecified atom stereocenters. The summed E-state index contributed by atoms with van der Waals surface area (Å²) < 4.78 is 5.56. The molecule has 0 saturated heterocycles. The van der Waals surface area contributed by atoms with Crippen LogP contribution in [0, 0.1) is 0 Å². The van der Waals surface area contributed by atoms with Crippen LogP contribution in [-0.2, 0) is 6.42 Å². The Morgan fingerprint density at radius 3 is 2.89 bits per heavy atom. The number of hydrogen-bond acceptors (Lipinski definition) is 3. The molecule has 0 aliphatic heterocycles. The van der Waals surface area contributed by atoms with E-state index >= 15 is 0 Å². The quantitative estimate of drug-likeness (QED) is 0.791. The Labute approximate surface area is 106 Å². The van der Waals surface area contributed by atoms with Gasteiger partial charge in [0.05, 0.1) is 5.56 Å². The maximum absolute atomic E-state index is 11.0. The molecule has 0 bridgehead atoms. The van der Waals surface area contributed by atoms with Gasteiger partial charge in [0.25, 0.3) is 0 Å². The number of nitrogens with zero attached hydrogens (tertiary/aromatic N) is 1. The van der Waals surface area contributed by atoms with Crippen molar-refractivity contribution in [1.82, 2.24) is 4.98 Å². The second-order valence-electron chi connectivity index (χ2n) is 4.38. The number of fused-ring (bicyclic) bond motifs is 1. The molecule has 4 nitrogen and oxygen atoms in total. The number of rotatable bonds is 6. The third kappa shape index (κ3) is 2.70. The smallest absolute Gasteiger partial charge is 0.338 e. The van der Waals surface area contributed by atoms with Crippen molar-refractivity contribution in [2.75, 3.05) is 0 Å². The summed E-state index contributed by atoms with van der Waals surface area (Å²) >= 11 is 0. The maximum atomic E-state index is 11.0. The van der Waals surface area contributed by atoms with E-state index in [4.69, 9.17) is 9.52 Å². The molecule has 0 saturated carbocycles. The summed E-state index contributed by atoms with van der Waals surface area (Å²) in [6.45, 7) is 2.17. The van der Waals surface area contributed by atoms with Crippen molar-refractivity contribution in [1.29, 1.82) is 0 Å². The molecule has 0 fully saturated rings. The van der Waals surface area contributed by atoms with Gasteiger partial charge < -0.3 is 9.52 Å². The van der Waals surface area contributed by atoms with Crippen molar-refractivity contribution in [3.63, 3.8) is 0 Å². The third-order valence-electron chi connectivity index (χ3n) is 2.94. The molecule has 0 atom stereocenters. The number of benzene rings is 1. The van der Waals surface area contributed by atoms with Gasteiger partial charge in [-0.05, 0) is 18.6 Å². The van der Waals surface area contributed by atoms with E-state index in [-0.39, 0.29) is 5.56 Å². The molecule has 0 aliphatic carbocycles. The molecule has 1 aromatic heterocycles. The SMILES string of the molecule is CCCCCCc1nc2c(C(=O)O)cccc2o1.